The number of benzene rings is 3. The maximum absolute atomic E-state index is 13.4. The van der Waals surface area contributed by atoms with Gasteiger partial charge in [0.05, 0.1) is 23.6 Å². The van der Waals surface area contributed by atoms with Crippen molar-refractivity contribution < 1.29 is 33.0 Å². The molecular formula is C29H18O8. The van der Waals surface area contributed by atoms with Crippen LogP contribution in [0.4, 0.5) is 0 Å². The van der Waals surface area contributed by atoms with Gasteiger partial charge in [0.1, 0.15) is 30.3 Å². The van der Waals surface area contributed by atoms with E-state index in [1.54, 1.807) is 60.7 Å². The molecule has 0 amide bonds. The molecule has 0 fully saturated rings. The first kappa shape index (κ1) is 21.4. The Balaban J connectivity index is 1.33. The predicted octanol–water partition coefficient (Wildman–Crippen LogP) is 4.62. The van der Waals surface area contributed by atoms with Crippen molar-refractivity contribution in [1.29, 1.82) is 0 Å². The first-order chi connectivity index (χ1) is 18.1. The van der Waals surface area contributed by atoms with Crippen LogP contribution in [-0.2, 0) is 4.79 Å². The summed E-state index contributed by atoms with van der Waals surface area (Å²) in [5, 5.41) is 0.407. The van der Waals surface area contributed by atoms with Crippen LogP contribution >= 0.6 is 0 Å². The van der Waals surface area contributed by atoms with Gasteiger partial charge in [-0.25, -0.2) is 0 Å². The van der Waals surface area contributed by atoms with Gasteiger partial charge in [-0.3, -0.25) is 14.4 Å². The van der Waals surface area contributed by atoms with Crippen LogP contribution < -0.4 is 24.4 Å². The van der Waals surface area contributed by atoms with Crippen molar-refractivity contribution in [2.45, 2.75) is 12.3 Å². The summed E-state index contributed by atoms with van der Waals surface area (Å²) in [5.74, 6) is 0.376. The first-order valence-electron chi connectivity index (χ1n) is 11.8. The lowest BCUT2D eigenvalue weighted by atomic mass is 9.85. The van der Waals surface area contributed by atoms with Gasteiger partial charge in [0.15, 0.2) is 22.7 Å². The van der Waals surface area contributed by atoms with E-state index in [2.05, 4.69) is 0 Å². The fraction of sp³-hybridized carbons (Fsp3) is 0.138. The minimum atomic E-state index is -0.700. The van der Waals surface area contributed by atoms with E-state index in [1.165, 1.54) is 6.26 Å². The molecular weight excluding hydrogens is 476 g/mol. The highest BCUT2D eigenvalue weighted by Crippen LogP contribution is 2.48. The van der Waals surface area contributed by atoms with E-state index in [9.17, 15) is 14.4 Å². The molecule has 3 aliphatic rings. The van der Waals surface area contributed by atoms with E-state index in [0.29, 0.717) is 57.9 Å². The maximum atomic E-state index is 13.4. The minimum Gasteiger partial charge on any atom is -0.486 e. The number of allylic oxidation sites excluding steroid dienone is 1. The molecule has 1 unspecified atom stereocenters. The fourth-order valence-corrected chi connectivity index (χ4v) is 5.01. The summed E-state index contributed by atoms with van der Waals surface area (Å²) in [4.78, 5) is 39.1. The highest BCUT2D eigenvalue weighted by molar-refractivity contribution is 6.15. The fourth-order valence-electron chi connectivity index (χ4n) is 5.01. The Hall–Kier alpha value is -4.85. The van der Waals surface area contributed by atoms with E-state index in [4.69, 9.17) is 23.4 Å². The van der Waals surface area contributed by atoms with Gasteiger partial charge < -0.3 is 23.4 Å². The molecule has 0 radical (unpaired) electrons. The molecule has 1 aromatic heterocycles. The Kier molecular flexibility index (Phi) is 4.69. The molecule has 0 bridgehead atoms. The summed E-state index contributed by atoms with van der Waals surface area (Å²) in [6.45, 7) is 0.930. The SMILES string of the molecule is O=C1CC(c2coc3ccccc3c2=O)c2c(ccc3c2O/C(=C\c2ccc4c(c2)OCCO4)C3=O)O1. The summed E-state index contributed by atoms with van der Waals surface area (Å²) in [7, 11) is 0. The quantitative estimate of drug-likeness (QED) is 0.226. The number of ether oxygens (including phenoxy) is 4. The monoisotopic (exact) mass is 494 g/mol. The summed E-state index contributed by atoms with van der Waals surface area (Å²) >= 11 is 0. The number of esters is 1. The topological polar surface area (TPSA) is 101 Å². The molecule has 7 rings (SSSR count). The number of para-hydroxylation sites is 1. The maximum Gasteiger partial charge on any atom is 0.312 e. The summed E-state index contributed by atoms with van der Waals surface area (Å²) in [6, 6.07) is 15.4. The van der Waals surface area contributed by atoms with Crippen LogP contribution in [0.15, 0.2) is 75.8 Å². The van der Waals surface area contributed by atoms with Crippen LogP contribution in [0.25, 0.3) is 17.0 Å². The standard InChI is InChI=1S/C29H18O8/c30-25-13-18(19-14-35-20-4-2-1-3-16(20)27(19)31)26-22(36-25)8-6-17-28(32)24(37-29(17)26)12-15-5-7-21-23(11-15)34-10-9-33-21/h1-8,11-12,14,18H,9-10,13H2/b24-12-. The molecule has 0 aliphatic carbocycles. The number of ketones is 1. The second kappa shape index (κ2) is 8.09. The molecule has 0 saturated heterocycles. The number of Topliss-reactive ketones (excluding diaryl/α,β-unsaturated/α-hetero) is 1. The molecule has 1 atom stereocenters. The molecule has 8 nitrogen and oxygen atoms in total. The van der Waals surface area contributed by atoms with Crippen LogP contribution in [0.2, 0.25) is 0 Å². The first-order valence-corrected chi connectivity index (χ1v) is 11.8. The predicted molar refractivity (Wildman–Crippen MR) is 131 cm³/mol. The van der Waals surface area contributed by atoms with Gasteiger partial charge in [-0.1, -0.05) is 18.2 Å². The number of hydrogen-bond donors (Lipinski definition) is 0. The van der Waals surface area contributed by atoms with Gasteiger partial charge >= 0.3 is 5.97 Å². The summed E-state index contributed by atoms with van der Waals surface area (Å²) in [6.07, 6.45) is 2.91. The van der Waals surface area contributed by atoms with E-state index in [-0.39, 0.29) is 34.9 Å². The normalized spacial score (nSPS) is 18.8. The molecule has 182 valence electrons. The van der Waals surface area contributed by atoms with Crippen molar-refractivity contribution in [3.63, 3.8) is 0 Å². The number of fused-ring (bicyclic) bond motifs is 5. The number of carbonyl (C=O) groups excluding carboxylic acids is 2. The highest BCUT2D eigenvalue weighted by Gasteiger charge is 2.39. The molecule has 3 aliphatic heterocycles. The second-order valence-corrected chi connectivity index (χ2v) is 8.94. The average Bonchev–Trinajstić information content (AvgIpc) is 3.23. The average molecular weight is 494 g/mol. The third-order valence-electron chi connectivity index (χ3n) is 6.73. The molecule has 0 spiro atoms. The largest absolute Gasteiger partial charge is 0.486 e. The molecule has 4 heterocycles. The van der Waals surface area contributed by atoms with Crippen molar-refractivity contribution in [1.82, 2.24) is 0 Å². The second-order valence-electron chi connectivity index (χ2n) is 8.94. The molecule has 8 heteroatoms. The Morgan fingerprint density at radius 1 is 0.838 bits per heavy atom. The number of rotatable bonds is 2. The van der Waals surface area contributed by atoms with Gasteiger partial charge in [0, 0.05) is 17.0 Å². The molecule has 3 aromatic carbocycles. The highest BCUT2D eigenvalue weighted by atomic mass is 16.6. The van der Waals surface area contributed by atoms with Gasteiger partial charge in [-0.15, -0.1) is 0 Å². The van der Waals surface area contributed by atoms with Crippen LogP contribution in [0, 0.1) is 0 Å². The van der Waals surface area contributed by atoms with Crippen molar-refractivity contribution in [3.8, 4) is 23.0 Å². The van der Waals surface area contributed by atoms with Crippen molar-refractivity contribution in [2.24, 2.45) is 0 Å². The third kappa shape index (κ3) is 3.41. The number of carbonyl (C=O) groups is 2. The minimum absolute atomic E-state index is 0.0920. The third-order valence-corrected chi connectivity index (χ3v) is 6.73. The van der Waals surface area contributed by atoms with Gasteiger partial charge in [-0.2, -0.15) is 0 Å². The Bertz CT molecular complexity index is 1730. The van der Waals surface area contributed by atoms with Crippen LogP contribution in [0.1, 0.15) is 39.4 Å². The van der Waals surface area contributed by atoms with Crippen molar-refractivity contribution in [3.05, 3.63) is 99.1 Å². The summed E-state index contributed by atoms with van der Waals surface area (Å²) < 4.78 is 28.5. The van der Waals surface area contributed by atoms with E-state index in [1.807, 2.05) is 0 Å². The zero-order valence-corrected chi connectivity index (χ0v) is 19.3. The Morgan fingerprint density at radius 2 is 1.65 bits per heavy atom. The lowest BCUT2D eigenvalue weighted by molar-refractivity contribution is -0.135. The molecule has 0 saturated carbocycles. The van der Waals surface area contributed by atoms with Gasteiger partial charge in [0.2, 0.25) is 5.78 Å². The Morgan fingerprint density at radius 3 is 2.54 bits per heavy atom. The van der Waals surface area contributed by atoms with Crippen molar-refractivity contribution in [2.75, 3.05) is 13.2 Å². The Labute approximate surface area is 209 Å². The van der Waals surface area contributed by atoms with Crippen molar-refractivity contribution >= 4 is 28.8 Å². The zero-order chi connectivity index (χ0) is 25.1. The van der Waals surface area contributed by atoms with E-state index >= 15 is 0 Å². The van der Waals surface area contributed by atoms with Crippen LogP contribution in [-0.4, -0.2) is 25.0 Å². The van der Waals surface area contributed by atoms with Gasteiger partial charge in [-0.05, 0) is 48.0 Å². The molecule has 37 heavy (non-hydrogen) atoms. The van der Waals surface area contributed by atoms with E-state index in [0.717, 1.165) is 0 Å². The summed E-state index contributed by atoms with van der Waals surface area (Å²) in [5.41, 5.74) is 2.00. The molecule has 0 N–H and O–H groups in total. The van der Waals surface area contributed by atoms with Crippen LogP contribution in [0.3, 0.4) is 0 Å². The van der Waals surface area contributed by atoms with Crippen LogP contribution in [0.5, 0.6) is 23.0 Å². The molecule has 4 aromatic rings. The smallest absolute Gasteiger partial charge is 0.312 e. The zero-order valence-electron chi connectivity index (χ0n) is 19.3. The number of hydrogen-bond acceptors (Lipinski definition) is 8. The lowest BCUT2D eigenvalue weighted by Crippen LogP contribution is -2.25. The lowest BCUT2D eigenvalue weighted by Gasteiger charge is -2.25. The van der Waals surface area contributed by atoms with Gasteiger partial charge in [0.25, 0.3) is 0 Å². The van der Waals surface area contributed by atoms with E-state index < -0.39 is 11.9 Å².